The van der Waals surface area contributed by atoms with Crippen molar-refractivity contribution in [2.24, 2.45) is 5.41 Å². The first-order chi connectivity index (χ1) is 14.2. The van der Waals surface area contributed by atoms with Gasteiger partial charge in [-0.1, -0.05) is 64.9 Å². The Labute approximate surface area is 200 Å². The first-order valence-corrected chi connectivity index (χ1v) is 11.2. The largest absolute Gasteiger partial charge is 0.384 e. The van der Waals surface area contributed by atoms with Gasteiger partial charge in [0, 0.05) is 34.7 Å². The van der Waals surface area contributed by atoms with Crippen LogP contribution in [0.4, 0.5) is 5.69 Å². The second-order valence-electron chi connectivity index (χ2n) is 7.22. The van der Waals surface area contributed by atoms with Gasteiger partial charge in [0.15, 0.2) is 0 Å². The van der Waals surface area contributed by atoms with Crippen molar-refractivity contribution >= 4 is 75.9 Å². The Hall–Kier alpha value is -1.17. The molecule has 1 fully saturated rings. The number of halogens is 5. The number of aldehydes is 1. The summed E-state index contributed by atoms with van der Waals surface area (Å²) in [6.45, 7) is 2.66. The minimum atomic E-state index is -1.33. The highest BCUT2D eigenvalue weighted by molar-refractivity contribution is 6.54. The van der Waals surface area contributed by atoms with Gasteiger partial charge in [-0.3, -0.25) is 4.79 Å². The molecule has 2 atom stereocenters. The lowest BCUT2D eigenvalue weighted by Gasteiger charge is -2.15. The lowest BCUT2D eigenvalue weighted by Crippen LogP contribution is -2.25. The molecule has 0 aliphatic heterocycles. The molecule has 30 heavy (non-hydrogen) atoms. The maximum atomic E-state index is 12.3. The molecule has 1 saturated carbocycles. The molecule has 3 rings (SSSR count). The highest BCUT2D eigenvalue weighted by Gasteiger charge is 2.76. The van der Waals surface area contributed by atoms with Crippen LogP contribution < -0.4 is 10.6 Å². The number of anilines is 1. The Morgan fingerprint density at radius 2 is 1.77 bits per heavy atom. The second kappa shape index (κ2) is 9.13. The topological polar surface area (TPSA) is 58.2 Å². The number of alkyl halides is 2. The van der Waals surface area contributed by atoms with Crippen LogP contribution in [0.2, 0.25) is 15.1 Å². The fraction of sp³-hybridized carbons (Fsp3) is 0.333. The average molecular weight is 509 g/mol. The molecule has 2 aromatic rings. The molecule has 160 valence electrons. The van der Waals surface area contributed by atoms with Gasteiger partial charge >= 0.3 is 0 Å². The van der Waals surface area contributed by atoms with Gasteiger partial charge < -0.3 is 15.4 Å². The number of benzene rings is 2. The first kappa shape index (κ1) is 23.5. The van der Waals surface area contributed by atoms with Crippen molar-refractivity contribution in [2.75, 3.05) is 18.4 Å². The van der Waals surface area contributed by atoms with E-state index in [4.69, 9.17) is 58.0 Å². The van der Waals surface area contributed by atoms with Gasteiger partial charge in [-0.25, -0.2) is 0 Å². The number of carbonyl (C=O) groups is 2. The molecule has 0 aromatic heterocycles. The van der Waals surface area contributed by atoms with E-state index in [9.17, 15) is 9.59 Å². The highest BCUT2D eigenvalue weighted by Crippen LogP contribution is 2.73. The second-order valence-corrected chi connectivity index (χ2v) is 9.89. The van der Waals surface area contributed by atoms with Crippen LogP contribution in [0.25, 0.3) is 0 Å². The number of hydrogen-bond acceptors (Lipinski definition) is 3. The Balaban J connectivity index is 1.81. The number of hydrogen-bond donors (Lipinski definition) is 2. The summed E-state index contributed by atoms with van der Waals surface area (Å²) in [5.41, 5.74) is 0.546. The van der Waals surface area contributed by atoms with Gasteiger partial charge in [-0.15, -0.1) is 0 Å². The molecule has 1 aliphatic carbocycles. The predicted molar refractivity (Wildman–Crippen MR) is 125 cm³/mol. The van der Waals surface area contributed by atoms with Crippen molar-refractivity contribution in [3.05, 3.63) is 62.6 Å². The maximum absolute atomic E-state index is 12.3. The molecular formula is C21H19Cl5N2O2. The van der Waals surface area contributed by atoms with Gasteiger partial charge in [0.25, 0.3) is 5.91 Å². The minimum Gasteiger partial charge on any atom is -0.384 e. The Morgan fingerprint density at radius 3 is 2.37 bits per heavy atom. The Morgan fingerprint density at radius 1 is 1.10 bits per heavy atom. The fourth-order valence-corrected chi connectivity index (χ4v) is 5.24. The third-order valence-corrected chi connectivity index (χ3v) is 7.08. The average Bonchev–Trinajstić information content (AvgIpc) is 3.19. The van der Waals surface area contributed by atoms with Crippen molar-refractivity contribution in [3.63, 3.8) is 0 Å². The maximum Gasteiger partial charge on any atom is 0.252 e. The van der Waals surface area contributed by atoms with E-state index in [-0.39, 0.29) is 12.5 Å². The number of amides is 1. The molecule has 0 spiro atoms. The van der Waals surface area contributed by atoms with E-state index < -0.39 is 15.7 Å². The van der Waals surface area contributed by atoms with Crippen LogP contribution in [0, 0.1) is 5.41 Å². The van der Waals surface area contributed by atoms with Gasteiger partial charge in [-0.05, 0) is 48.4 Å². The summed E-state index contributed by atoms with van der Waals surface area (Å²) in [6, 6.07) is 9.95. The number of carbonyl (C=O) groups excluding carboxylic acids is 2. The normalized spacial score (nSPS) is 21.7. The van der Waals surface area contributed by atoms with Crippen LogP contribution in [0.3, 0.4) is 0 Å². The zero-order valence-corrected chi connectivity index (χ0v) is 19.7. The molecule has 0 bridgehead atoms. The molecule has 1 aliphatic rings. The van der Waals surface area contributed by atoms with Crippen LogP contribution >= 0.6 is 58.0 Å². The highest BCUT2D eigenvalue weighted by atomic mass is 35.5. The van der Waals surface area contributed by atoms with Crippen LogP contribution in [-0.4, -0.2) is 29.6 Å². The quantitative estimate of drug-likeness (QED) is 0.322. The van der Waals surface area contributed by atoms with Crippen molar-refractivity contribution in [2.45, 2.75) is 23.6 Å². The number of nitrogens with one attached hydrogen (secondary N) is 2. The SMILES string of the molecule is CCCNC(=O)c1cc(NCC2(C=O)C(c3cc(Cl)cc(Cl)c3)C2(Cl)Cl)ccc1Cl. The van der Waals surface area contributed by atoms with Gasteiger partial charge in [0.1, 0.15) is 10.6 Å². The van der Waals surface area contributed by atoms with Gasteiger partial charge in [0.2, 0.25) is 0 Å². The third-order valence-electron chi connectivity index (χ3n) is 5.18. The summed E-state index contributed by atoms with van der Waals surface area (Å²) in [5.74, 6) is -0.758. The van der Waals surface area contributed by atoms with E-state index in [0.29, 0.717) is 38.4 Å². The van der Waals surface area contributed by atoms with Crippen LogP contribution in [0.5, 0.6) is 0 Å². The summed E-state index contributed by atoms with van der Waals surface area (Å²) in [4.78, 5) is 24.4. The van der Waals surface area contributed by atoms with E-state index in [0.717, 1.165) is 12.7 Å². The summed E-state index contributed by atoms with van der Waals surface area (Å²) in [6.07, 6.45) is 1.57. The molecule has 4 nitrogen and oxygen atoms in total. The fourth-order valence-electron chi connectivity index (χ4n) is 3.52. The molecule has 0 saturated heterocycles. The lowest BCUT2D eigenvalue weighted by atomic mass is 10.00. The molecule has 9 heteroatoms. The number of rotatable bonds is 8. The first-order valence-electron chi connectivity index (χ1n) is 9.28. The van der Waals surface area contributed by atoms with E-state index >= 15 is 0 Å². The van der Waals surface area contributed by atoms with E-state index in [1.165, 1.54) is 0 Å². The molecule has 2 aromatic carbocycles. The summed E-state index contributed by atoms with van der Waals surface area (Å²) >= 11 is 31.4. The van der Waals surface area contributed by atoms with Crippen LogP contribution in [0.15, 0.2) is 36.4 Å². The summed E-state index contributed by atoms with van der Waals surface area (Å²) in [7, 11) is 0. The zero-order valence-electron chi connectivity index (χ0n) is 15.9. The van der Waals surface area contributed by atoms with E-state index in [1.54, 1.807) is 36.4 Å². The van der Waals surface area contributed by atoms with Crippen molar-refractivity contribution in [1.82, 2.24) is 5.32 Å². The third kappa shape index (κ3) is 4.39. The minimum absolute atomic E-state index is 0.149. The molecule has 0 heterocycles. The van der Waals surface area contributed by atoms with Crippen LogP contribution in [-0.2, 0) is 4.79 Å². The zero-order chi connectivity index (χ0) is 22.1. The monoisotopic (exact) mass is 506 g/mol. The van der Waals surface area contributed by atoms with Gasteiger partial charge in [0.05, 0.1) is 16.0 Å². The van der Waals surface area contributed by atoms with E-state index in [2.05, 4.69) is 10.6 Å². The molecule has 2 N–H and O–H groups in total. The molecule has 0 radical (unpaired) electrons. The Bertz CT molecular complexity index is 962. The van der Waals surface area contributed by atoms with Crippen molar-refractivity contribution in [1.29, 1.82) is 0 Å². The van der Waals surface area contributed by atoms with Crippen molar-refractivity contribution < 1.29 is 9.59 Å². The molecule has 2 unspecified atom stereocenters. The van der Waals surface area contributed by atoms with Gasteiger partial charge in [-0.2, -0.15) is 0 Å². The molecular weight excluding hydrogens is 490 g/mol. The lowest BCUT2D eigenvalue weighted by molar-refractivity contribution is -0.112. The molecule has 1 amide bonds. The standard InChI is InChI=1S/C21H19Cl5N2O2/c1-2-5-27-19(30)16-9-15(3-4-17(16)24)28-10-20(11-29)18(21(20,25)26)12-6-13(22)8-14(23)7-12/h3-4,6-9,11,18,28H,2,5,10H2,1H3,(H,27,30). The van der Waals surface area contributed by atoms with E-state index in [1.807, 2.05) is 6.92 Å². The summed E-state index contributed by atoms with van der Waals surface area (Å²) < 4.78 is -1.33. The van der Waals surface area contributed by atoms with Crippen molar-refractivity contribution in [3.8, 4) is 0 Å². The smallest absolute Gasteiger partial charge is 0.252 e. The van der Waals surface area contributed by atoms with Crippen LogP contribution in [0.1, 0.15) is 35.2 Å². The summed E-state index contributed by atoms with van der Waals surface area (Å²) in [5, 5.41) is 7.15. The predicted octanol–water partition coefficient (Wildman–Crippen LogP) is 6.36. The Kier molecular flexibility index (Phi) is 7.15.